The number of ketones is 1. The summed E-state index contributed by atoms with van der Waals surface area (Å²) in [5.74, 6) is 0.154. The van der Waals surface area contributed by atoms with Gasteiger partial charge in [-0.3, -0.25) is 4.79 Å². The lowest BCUT2D eigenvalue weighted by atomic mass is 10.2. The maximum atomic E-state index is 11.5. The molecule has 118 valence electrons. The topological polar surface area (TPSA) is 35.5 Å². The van der Waals surface area contributed by atoms with Gasteiger partial charge in [0.25, 0.3) is 0 Å². The Morgan fingerprint density at radius 2 is 1.81 bits per heavy atom. The lowest BCUT2D eigenvalue weighted by molar-refractivity contribution is -0.121. The Hall–Kier alpha value is -0.973. The highest BCUT2D eigenvalue weighted by molar-refractivity contribution is 6.75. The third kappa shape index (κ3) is 5.73. The van der Waals surface area contributed by atoms with Gasteiger partial charge in [-0.1, -0.05) is 58.0 Å². The van der Waals surface area contributed by atoms with Crippen LogP contribution in [0.1, 0.15) is 39.7 Å². The number of hydrogen-bond donors (Lipinski definition) is 0. The first-order chi connectivity index (χ1) is 9.78. The average Bonchev–Trinajstić information content (AvgIpc) is 2.44. The summed E-state index contributed by atoms with van der Waals surface area (Å²) in [6.07, 6.45) is 1.13. The Kier molecular flexibility index (Phi) is 6.78. The first-order valence-corrected chi connectivity index (χ1v) is 10.2. The third-order valence-electron chi connectivity index (χ3n) is 4.02. The van der Waals surface area contributed by atoms with Gasteiger partial charge in [0.1, 0.15) is 0 Å². The van der Waals surface area contributed by atoms with Crippen LogP contribution in [0.4, 0.5) is 0 Å². The van der Waals surface area contributed by atoms with Crippen LogP contribution in [0.25, 0.3) is 0 Å². The Morgan fingerprint density at radius 1 is 1.19 bits per heavy atom. The van der Waals surface area contributed by atoms with Crippen molar-refractivity contribution in [2.75, 3.05) is 12.8 Å². The van der Waals surface area contributed by atoms with E-state index in [1.54, 1.807) is 0 Å². The molecule has 0 amide bonds. The lowest BCUT2D eigenvalue weighted by Crippen LogP contribution is -2.50. The van der Waals surface area contributed by atoms with Crippen molar-refractivity contribution in [3.8, 4) is 0 Å². The smallest absolute Gasteiger partial charge is 0.220 e. The van der Waals surface area contributed by atoms with Crippen LogP contribution in [0.15, 0.2) is 30.3 Å². The van der Waals surface area contributed by atoms with Crippen LogP contribution in [-0.4, -0.2) is 26.9 Å². The number of carbonyl (C=O) groups excluding carboxylic acids is 1. The summed E-state index contributed by atoms with van der Waals surface area (Å²) in [4.78, 5) is 11.5. The van der Waals surface area contributed by atoms with E-state index in [-0.39, 0.29) is 17.4 Å². The molecule has 0 aromatic heterocycles. The molecular formula is C17H28O3Si. The summed E-state index contributed by atoms with van der Waals surface area (Å²) < 4.78 is 12.0. The van der Waals surface area contributed by atoms with Crippen LogP contribution in [-0.2, 0) is 20.6 Å². The molecule has 1 unspecified atom stereocenters. The molecule has 0 bridgehead atoms. The van der Waals surface area contributed by atoms with Crippen LogP contribution in [0.3, 0.4) is 0 Å². The molecule has 0 aliphatic rings. The largest absolute Gasteiger partial charge is 0.407 e. The number of benzene rings is 1. The molecule has 0 aliphatic heterocycles. The quantitative estimate of drug-likeness (QED) is 0.678. The highest BCUT2D eigenvalue weighted by Crippen LogP contribution is 2.37. The second-order valence-electron chi connectivity index (χ2n) is 6.64. The first-order valence-electron chi connectivity index (χ1n) is 7.56. The van der Waals surface area contributed by atoms with Crippen molar-refractivity contribution in [2.45, 2.75) is 52.3 Å². The summed E-state index contributed by atoms with van der Waals surface area (Å²) in [7, 11) is -2.13. The van der Waals surface area contributed by atoms with Gasteiger partial charge in [0.15, 0.2) is 5.78 Å². The minimum absolute atomic E-state index is 0.0255. The fourth-order valence-corrected chi connectivity index (χ4v) is 3.67. The second kappa shape index (κ2) is 7.87. The fraction of sp³-hybridized carbons (Fsp3) is 0.588. The van der Waals surface area contributed by atoms with Gasteiger partial charge in [0, 0.05) is 6.42 Å². The summed E-state index contributed by atoms with van der Waals surface area (Å²) in [6.45, 7) is 11.3. The summed E-state index contributed by atoms with van der Waals surface area (Å²) in [6, 6.07) is 10.1. The molecule has 0 radical (unpaired) electrons. The molecule has 0 fully saturated rings. The third-order valence-corrected chi connectivity index (χ3v) is 8.73. The number of Topliss-reactive ketones (excluding diaryl/α,β-unsaturated/α-hetero) is 1. The Bertz CT molecular complexity index is 439. The van der Waals surface area contributed by atoms with E-state index < -0.39 is 8.32 Å². The SMILES string of the molecule is CCC(=O)CO[Si](C)(COCc1ccccc1)C(C)(C)C. The highest BCUT2D eigenvalue weighted by atomic mass is 28.4. The van der Waals surface area contributed by atoms with E-state index in [1.165, 1.54) is 0 Å². The number of carbonyl (C=O) groups is 1. The summed E-state index contributed by atoms with van der Waals surface area (Å²) in [5.41, 5.74) is 1.16. The Morgan fingerprint density at radius 3 is 2.33 bits per heavy atom. The molecule has 0 spiro atoms. The van der Waals surface area contributed by atoms with Crippen LogP contribution in [0.2, 0.25) is 11.6 Å². The van der Waals surface area contributed by atoms with Crippen molar-refractivity contribution in [3.63, 3.8) is 0 Å². The predicted molar refractivity (Wildman–Crippen MR) is 88.7 cm³/mol. The van der Waals surface area contributed by atoms with Crippen molar-refractivity contribution in [1.29, 1.82) is 0 Å². The first kappa shape index (κ1) is 18.1. The molecule has 0 saturated carbocycles. The minimum Gasteiger partial charge on any atom is -0.407 e. The molecule has 0 N–H and O–H groups in total. The normalized spacial score (nSPS) is 14.7. The zero-order valence-electron chi connectivity index (χ0n) is 13.9. The molecule has 3 nitrogen and oxygen atoms in total. The predicted octanol–water partition coefficient (Wildman–Crippen LogP) is 4.11. The van der Waals surface area contributed by atoms with E-state index in [0.29, 0.717) is 19.3 Å². The monoisotopic (exact) mass is 308 g/mol. The van der Waals surface area contributed by atoms with Gasteiger partial charge in [0.05, 0.1) is 19.4 Å². The van der Waals surface area contributed by atoms with Gasteiger partial charge in [0.2, 0.25) is 8.32 Å². The molecule has 1 rings (SSSR count). The van der Waals surface area contributed by atoms with E-state index in [0.717, 1.165) is 5.56 Å². The van der Waals surface area contributed by atoms with E-state index in [9.17, 15) is 4.79 Å². The van der Waals surface area contributed by atoms with Gasteiger partial charge in [-0.2, -0.15) is 0 Å². The van der Waals surface area contributed by atoms with Crippen molar-refractivity contribution < 1.29 is 14.0 Å². The molecule has 4 heteroatoms. The average molecular weight is 308 g/mol. The van der Waals surface area contributed by atoms with E-state index in [1.807, 2.05) is 25.1 Å². The Balaban J connectivity index is 2.59. The molecular weight excluding hydrogens is 280 g/mol. The summed E-state index contributed by atoms with van der Waals surface area (Å²) in [5, 5.41) is 0.0255. The number of rotatable bonds is 8. The van der Waals surface area contributed by atoms with Crippen molar-refractivity contribution >= 4 is 14.1 Å². The molecule has 0 aliphatic carbocycles. The second-order valence-corrected chi connectivity index (χ2v) is 11.2. The number of hydrogen-bond acceptors (Lipinski definition) is 3. The zero-order valence-corrected chi connectivity index (χ0v) is 14.9. The maximum absolute atomic E-state index is 11.5. The molecule has 1 atom stereocenters. The standard InChI is InChI=1S/C17H28O3Si/c1-6-16(18)13-20-21(5,17(2,3)4)14-19-12-15-10-8-7-9-11-15/h7-11H,6,12-14H2,1-5H3. The van der Waals surface area contributed by atoms with Crippen LogP contribution >= 0.6 is 0 Å². The molecule has 1 aromatic rings. The van der Waals surface area contributed by atoms with Gasteiger partial charge >= 0.3 is 0 Å². The van der Waals surface area contributed by atoms with E-state index in [2.05, 4.69) is 39.5 Å². The van der Waals surface area contributed by atoms with Gasteiger partial charge in [-0.25, -0.2) is 0 Å². The minimum atomic E-state index is -2.13. The molecule has 21 heavy (non-hydrogen) atoms. The van der Waals surface area contributed by atoms with Crippen LogP contribution in [0, 0.1) is 0 Å². The van der Waals surface area contributed by atoms with Gasteiger partial charge < -0.3 is 9.16 Å². The van der Waals surface area contributed by atoms with Crippen molar-refractivity contribution in [1.82, 2.24) is 0 Å². The van der Waals surface area contributed by atoms with Gasteiger partial charge in [-0.15, -0.1) is 0 Å². The zero-order chi connectivity index (χ0) is 15.9. The van der Waals surface area contributed by atoms with Crippen molar-refractivity contribution in [2.24, 2.45) is 0 Å². The fourth-order valence-electron chi connectivity index (χ4n) is 1.75. The molecule has 1 aromatic carbocycles. The Labute approximate surface area is 129 Å². The molecule has 0 heterocycles. The van der Waals surface area contributed by atoms with Gasteiger partial charge in [-0.05, 0) is 17.1 Å². The number of ether oxygens (including phenoxy) is 1. The summed E-state index contributed by atoms with van der Waals surface area (Å²) >= 11 is 0. The van der Waals surface area contributed by atoms with E-state index in [4.69, 9.17) is 9.16 Å². The maximum Gasteiger partial charge on any atom is 0.220 e. The van der Waals surface area contributed by atoms with Crippen LogP contribution in [0.5, 0.6) is 0 Å². The van der Waals surface area contributed by atoms with E-state index >= 15 is 0 Å². The van der Waals surface area contributed by atoms with Crippen molar-refractivity contribution in [3.05, 3.63) is 35.9 Å². The molecule has 0 saturated heterocycles. The highest BCUT2D eigenvalue weighted by Gasteiger charge is 2.42. The van der Waals surface area contributed by atoms with Crippen LogP contribution < -0.4 is 0 Å². The lowest BCUT2D eigenvalue weighted by Gasteiger charge is -2.38.